The normalized spacial score (nSPS) is 17.1. The first kappa shape index (κ1) is 17.1. The molecule has 1 amide bonds. The summed E-state index contributed by atoms with van der Waals surface area (Å²) in [4.78, 5) is 16.9. The topological polar surface area (TPSA) is 68.0 Å². The van der Waals surface area contributed by atoms with Crippen LogP contribution in [0.15, 0.2) is 33.3 Å². The van der Waals surface area contributed by atoms with E-state index in [0.29, 0.717) is 11.7 Å². The first-order chi connectivity index (χ1) is 11.6. The molecular weight excluding hydrogens is 370 g/mol. The molecule has 6 heteroatoms. The zero-order valence-electron chi connectivity index (χ0n) is 14.0. The van der Waals surface area contributed by atoms with E-state index in [0.717, 1.165) is 35.7 Å². The predicted molar refractivity (Wildman–Crippen MR) is 95.1 cm³/mol. The first-order valence-electron chi connectivity index (χ1n) is 8.48. The van der Waals surface area contributed by atoms with Crippen molar-refractivity contribution in [2.24, 2.45) is 11.8 Å². The molecule has 1 aliphatic rings. The van der Waals surface area contributed by atoms with E-state index >= 15 is 0 Å². The third-order valence-corrected chi connectivity index (χ3v) is 5.33. The Kier molecular flexibility index (Phi) is 5.33. The molecule has 5 nitrogen and oxygen atoms in total. The number of nitrogens with zero attached hydrogens (tertiary/aromatic N) is 2. The lowest BCUT2D eigenvalue weighted by Crippen LogP contribution is -2.39. The lowest BCUT2D eigenvalue weighted by molar-refractivity contribution is -0.128. The van der Waals surface area contributed by atoms with Crippen molar-refractivity contribution >= 4 is 21.8 Å². The largest absolute Gasteiger partial charge is 0.344 e. The Labute approximate surface area is 150 Å². The summed E-state index contributed by atoms with van der Waals surface area (Å²) in [5, 5.41) is 7.20. The molecule has 2 atom stereocenters. The summed E-state index contributed by atoms with van der Waals surface area (Å²) >= 11 is 3.42. The Morgan fingerprint density at radius 2 is 2.08 bits per heavy atom. The van der Waals surface area contributed by atoms with Gasteiger partial charge in [-0.15, -0.1) is 0 Å². The molecular formula is C18H22BrN3O2. The summed E-state index contributed by atoms with van der Waals surface area (Å²) in [7, 11) is 0. The number of carbonyl (C=O) groups is 1. The van der Waals surface area contributed by atoms with Crippen molar-refractivity contribution < 1.29 is 9.32 Å². The molecule has 1 heterocycles. The van der Waals surface area contributed by atoms with Gasteiger partial charge in [0.05, 0.1) is 0 Å². The minimum atomic E-state index is -0.236. The molecule has 24 heavy (non-hydrogen) atoms. The third-order valence-electron chi connectivity index (χ3n) is 4.80. The van der Waals surface area contributed by atoms with Crippen LogP contribution in [-0.4, -0.2) is 16.0 Å². The van der Waals surface area contributed by atoms with Crippen LogP contribution in [0.2, 0.25) is 0 Å². The molecule has 3 rings (SSSR count). The number of rotatable bonds is 6. The number of hydrogen-bond acceptors (Lipinski definition) is 4. The molecule has 0 spiro atoms. The number of nitrogens with one attached hydrogen (secondary N) is 1. The van der Waals surface area contributed by atoms with Gasteiger partial charge in [-0.25, -0.2) is 0 Å². The molecule has 128 valence electrons. The lowest BCUT2D eigenvalue weighted by atomic mass is 9.84. The van der Waals surface area contributed by atoms with Gasteiger partial charge in [-0.05, 0) is 43.0 Å². The van der Waals surface area contributed by atoms with E-state index in [1.54, 1.807) is 0 Å². The maximum absolute atomic E-state index is 12.3. The molecule has 1 fully saturated rings. The second kappa shape index (κ2) is 7.47. The SMILES string of the molecule is CCC(C)C(NC(=O)C1CCC1)c1nc(-c2ccc(Br)cc2)no1. The van der Waals surface area contributed by atoms with Crippen LogP contribution in [0.3, 0.4) is 0 Å². The van der Waals surface area contributed by atoms with Crippen LogP contribution in [0.25, 0.3) is 11.4 Å². The van der Waals surface area contributed by atoms with Gasteiger partial charge in [0.25, 0.3) is 0 Å². The Morgan fingerprint density at radius 3 is 2.67 bits per heavy atom. The van der Waals surface area contributed by atoms with Crippen LogP contribution in [0.1, 0.15) is 51.5 Å². The number of aromatic nitrogens is 2. The molecule has 0 aliphatic heterocycles. The zero-order chi connectivity index (χ0) is 17.1. The van der Waals surface area contributed by atoms with Crippen molar-refractivity contribution in [3.63, 3.8) is 0 Å². The van der Waals surface area contributed by atoms with Crippen LogP contribution in [0.5, 0.6) is 0 Å². The highest BCUT2D eigenvalue weighted by Gasteiger charge is 2.31. The van der Waals surface area contributed by atoms with Gasteiger partial charge < -0.3 is 9.84 Å². The van der Waals surface area contributed by atoms with Crippen molar-refractivity contribution in [3.05, 3.63) is 34.6 Å². The quantitative estimate of drug-likeness (QED) is 0.786. The van der Waals surface area contributed by atoms with Crippen LogP contribution >= 0.6 is 15.9 Å². The van der Waals surface area contributed by atoms with Gasteiger partial charge in [0, 0.05) is 16.0 Å². The van der Waals surface area contributed by atoms with Crippen LogP contribution in [-0.2, 0) is 4.79 Å². The number of carbonyl (C=O) groups excluding carboxylic acids is 1. The van der Waals surface area contributed by atoms with Crippen molar-refractivity contribution in [1.29, 1.82) is 0 Å². The van der Waals surface area contributed by atoms with E-state index in [9.17, 15) is 4.79 Å². The van der Waals surface area contributed by atoms with E-state index in [2.05, 4.69) is 45.2 Å². The van der Waals surface area contributed by atoms with Gasteiger partial charge in [0.1, 0.15) is 6.04 Å². The molecule has 0 radical (unpaired) electrons. The van der Waals surface area contributed by atoms with Crippen molar-refractivity contribution in [2.75, 3.05) is 0 Å². The van der Waals surface area contributed by atoms with Crippen molar-refractivity contribution in [3.8, 4) is 11.4 Å². The summed E-state index contributed by atoms with van der Waals surface area (Å²) < 4.78 is 6.48. The van der Waals surface area contributed by atoms with Gasteiger partial charge >= 0.3 is 0 Å². The van der Waals surface area contributed by atoms with Crippen molar-refractivity contribution in [2.45, 2.75) is 45.6 Å². The van der Waals surface area contributed by atoms with E-state index < -0.39 is 0 Å². The van der Waals surface area contributed by atoms with E-state index in [4.69, 9.17) is 4.52 Å². The number of benzene rings is 1. The average molecular weight is 392 g/mol. The van der Waals surface area contributed by atoms with Crippen LogP contribution in [0.4, 0.5) is 0 Å². The maximum Gasteiger partial charge on any atom is 0.249 e. The minimum absolute atomic E-state index is 0.106. The van der Waals surface area contributed by atoms with Crippen molar-refractivity contribution in [1.82, 2.24) is 15.5 Å². The number of hydrogen-bond donors (Lipinski definition) is 1. The predicted octanol–water partition coefficient (Wildman–Crippen LogP) is 4.50. The molecule has 1 aliphatic carbocycles. The summed E-state index contributed by atoms with van der Waals surface area (Å²) in [6.45, 7) is 4.19. The third kappa shape index (κ3) is 3.69. The molecule has 0 bridgehead atoms. The summed E-state index contributed by atoms with van der Waals surface area (Å²) in [6, 6.07) is 7.51. The highest BCUT2D eigenvalue weighted by atomic mass is 79.9. The Bertz CT molecular complexity index is 695. The first-order valence-corrected chi connectivity index (χ1v) is 9.27. The average Bonchev–Trinajstić information content (AvgIpc) is 3.00. The second-order valence-electron chi connectivity index (χ2n) is 6.46. The fourth-order valence-corrected chi connectivity index (χ4v) is 2.97. The van der Waals surface area contributed by atoms with Gasteiger partial charge in [0.15, 0.2) is 0 Å². The maximum atomic E-state index is 12.3. The lowest BCUT2D eigenvalue weighted by Gasteiger charge is -2.28. The van der Waals surface area contributed by atoms with Gasteiger partial charge in [-0.3, -0.25) is 4.79 Å². The summed E-state index contributed by atoms with van der Waals surface area (Å²) in [5.41, 5.74) is 0.890. The molecule has 1 aromatic heterocycles. The Hall–Kier alpha value is -1.69. The fraction of sp³-hybridized carbons (Fsp3) is 0.500. The monoisotopic (exact) mass is 391 g/mol. The highest BCUT2D eigenvalue weighted by Crippen LogP contribution is 2.30. The summed E-state index contributed by atoms with van der Waals surface area (Å²) in [5.74, 6) is 1.51. The van der Waals surface area contributed by atoms with Gasteiger partial charge in [0.2, 0.25) is 17.6 Å². The smallest absolute Gasteiger partial charge is 0.249 e. The molecule has 1 saturated carbocycles. The van der Waals surface area contributed by atoms with Gasteiger partial charge in [-0.2, -0.15) is 4.98 Å². The number of halogens is 1. The van der Waals surface area contributed by atoms with E-state index in [1.165, 1.54) is 0 Å². The minimum Gasteiger partial charge on any atom is -0.344 e. The molecule has 1 aromatic carbocycles. The number of amides is 1. The van der Waals surface area contributed by atoms with Gasteiger partial charge in [-0.1, -0.05) is 47.8 Å². The molecule has 0 saturated heterocycles. The summed E-state index contributed by atoms with van der Waals surface area (Å²) in [6.07, 6.45) is 4.02. The molecule has 2 aromatic rings. The zero-order valence-corrected chi connectivity index (χ0v) is 15.5. The highest BCUT2D eigenvalue weighted by molar-refractivity contribution is 9.10. The fourth-order valence-electron chi connectivity index (χ4n) is 2.70. The van der Waals surface area contributed by atoms with Crippen LogP contribution in [0, 0.1) is 11.8 Å². The Balaban J connectivity index is 1.79. The molecule has 1 N–H and O–H groups in total. The second-order valence-corrected chi connectivity index (χ2v) is 7.38. The Morgan fingerprint density at radius 1 is 1.38 bits per heavy atom. The van der Waals surface area contributed by atoms with E-state index in [1.807, 2.05) is 24.3 Å². The van der Waals surface area contributed by atoms with Crippen LogP contribution < -0.4 is 5.32 Å². The standard InChI is InChI=1S/C18H22BrN3O2/c1-3-11(2)15(20-17(23)13-5-4-6-13)18-21-16(22-24-18)12-7-9-14(19)10-8-12/h7-11,13,15H,3-6H2,1-2H3,(H,20,23). The van der Waals surface area contributed by atoms with E-state index in [-0.39, 0.29) is 23.8 Å². The molecule has 2 unspecified atom stereocenters.